The maximum atomic E-state index is 12.7. The van der Waals surface area contributed by atoms with E-state index in [2.05, 4.69) is 9.73 Å². The van der Waals surface area contributed by atoms with Crippen LogP contribution in [0.3, 0.4) is 0 Å². The maximum absolute atomic E-state index is 12.7. The summed E-state index contributed by atoms with van der Waals surface area (Å²) in [6, 6.07) is 7.20. The fourth-order valence-corrected chi connectivity index (χ4v) is 1.31. The van der Waals surface area contributed by atoms with Crippen molar-refractivity contribution in [3.05, 3.63) is 35.9 Å². The number of ether oxygens (including phenoxy) is 1. The minimum atomic E-state index is -5.26. The Morgan fingerprint density at radius 2 is 1.65 bits per heavy atom. The summed E-state index contributed by atoms with van der Waals surface area (Å²) in [6.07, 6.45) is -13.6. The standard InChI is InChI=1S/C12H9F6NO/c1-20-10(12(16,17)18)9(11(13,14)15)7-19-8-5-3-2-4-6-8/h2-6,10H,1H3. The van der Waals surface area contributed by atoms with Gasteiger partial charge in [-0.05, 0) is 18.0 Å². The summed E-state index contributed by atoms with van der Waals surface area (Å²) in [7, 11) is 0.536. The molecule has 0 bridgehead atoms. The van der Waals surface area contributed by atoms with Crippen molar-refractivity contribution in [3.63, 3.8) is 0 Å². The average molecular weight is 297 g/mol. The molecule has 0 aliphatic carbocycles. The van der Waals surface area contributed by atoms with Gasteiger partial charge in [-0.25, -0.2) is 4.99 Å². The van der Waals surface area contributed by atoms with Crippen LogP contribution in [0.2, 0.25) is 0 Å². The van der Waals surface area contributed by atoms with Crippen molar-refractivity contribution < 1.29 is 31.1 Å². The van der Waals surface area contributed by atoms with Crippen LogP contribution in [-0.4, -0.2) is 31.4 Å². The third-order valence-corrected chi connectivity index (χ3v) is 2.16. The van der Waals surface area contributed by atoms with Crippen LogP contribution < -0.4 is 0 Å². The lowest BCUT2D eigenvalue weighted by molar-refractivity contribution is -0.217. The summed E-state index contributed by atoms with van der Waals surface area (Å²) in [6.45, 7) is 0. The van der Waals surface area contributed by atoms with E-state index in [1.165, 1.54) is 30.1 Å². The highest BCUT2D eigenvalue weighted by molar-refractivity contribution is 5.65. The first-order valence-electron chi connectivity index (χ1n) is 5.21. The first kappa shape index (κ1) is 16.3. The van der Waals surface area contributed by atoms with Gasteiger partial charge in [0.2, 0.25) is 0 Å². The lowest BCUT2D eigenvalue weighted by Gasteiger charge is -2.21. The molecule has 0 saturated carbocycles. The zero-order valence-electron chi connectivity index (χ0n) is 10.1. The fraction of sp³-hybridized carbons (Fsp3) is 0.333. The Labute approximate surface area is 110 Å². The molecule has 20 heavy (non-hydrogen) atoms. The zero-order valence-corrected chi connectivity index (χ0v) is 10.1. The molecule has 110 valence electrons. The van der Waals surface area contributed by atoms with E-state index in [0.29, 0.717) is 7.11 Å². The van der Waals surface area contributed by atoms with E-state index in [1.807, 2.05) is 0 Å². The predicted molar refractivity (Wildman–Crippen MR) is 60.0 cm³/mol. The van der Waals surface area contributed by atoms with E-state index in [-0.39, 0.29) is 5.69 Å². The molecular weight excluding hydrogens is 288 g/mol. The molecule has 0 heterocycles. The normalized spacial score (nSPS) is 13.6. The second-order valence-electron chi connectivity index (χ2n) is 3.63. The van der Waals surface area contributed by atoms with E-state index in [1.54, 1.807) is 6.07 Å². The second kappa shape index (κ2) is 6.11. The highest BCUT2D eigenvalue weighted by atomic mass is 19.4. The minimum absolute atomic E-state index is 0.0475. The van der Waals surface area contributed by atoms with Gasteiger partial charge in [0.25, 0.3) is 0 Å². The molecule has 0 radical (unpaired) electrons. The summed E-state index contributed by atoms with van der Waals surface area (Å²) in [4.78, 5) is 3.27. The zero-order chi connectivity index (χ0) is 15.4. The fourth-order valence-electron chi connectivity index (χ4n) is 1.31. The number of halogens is 6. The Kier molecular flexibility index (Phi) is 4.97. The maximum Gasteiger partial charge on any atom is 0.424 e. The lowest BCUT2D eigenvalue weighted by Crippen LogP contribution is -2.38. The van der Waals surface area contributed by atoms with Crippen LogP contribution in [0.4, 0.5) is 32.0 Å². The van der Waals surface area contributed by atoms with Gasteiger partial charge in [-0.15, -0.1) is 0 Å². The largest absolute Gasteiger partial charge is 0.424 e. The quantitative estimate of drug-likeness (QED) is 0.609. The lowest BCUT2D eigenvalue weighted by atomic mass is 10.1. The van der Waals surface area contributed by atoms with E-state index >= 15 is 0 Å². The van der Waals surface area contributed by atoms with Crippen molar-refractivity contribution >= 4 is 11.6 Å². The first-order valence-corrected chi connectivity index (χ1v) is 5.21. The third kappa shape index (κ3) is 4.40. The van der Waals surface area contributed by atoms with Crippen molar-refractivity contribution in [1.82, 2.24) is 0 Å². The van der Waals surface area contributed by atoms with Gasteiger partial charge in [0.15, 0.2) is 6.10 Å². The Bertz CT molecular complexity index is 499. The molecule has 8 heteroatoms. The molecule has 0 aromatic heterocycles. The summed E-state index contributed by atoms with van der Waals surface area (Å²) >= 11 is 0. The Morgan fingerprint density at radius 1 is 1.10 bits per heavy atom. The van der Waals surface area contributed by atoms with Gasteiger partial charge in [0, 0.05) is 7.11 Å². The molecule has 1 atom stereocenters. The summed E-state index contributed by atoms with van der Waals surface area (Å²) < 4.78 is 79.3. The average Bonchev–Trinajstić information content (AvgIpc) is 2.32. The van der Waals surface area contributed by atoms with Gasteiger partial charge in [-0.2, -0.15) is 26.3 Å². The molecule has 2 nitrogen and oxygen atoms in total. The van der Waals surface area contributed by atoms with Crippen LogP contribution in [0.25, 0.3) is 0 Å². The van der Waals surface area contributed by atoms with Crippen molar-refractivity contribution in [1.29, 1.82) is 0 Å². The Morgan fingerprint density at radius 3 is 2.05 bits per heavy atom. The van der Waals surface area contributed by atoms with Crippen LogP contribution in [0.1, 0.15) is 0 Å². The third-order valence-electron chi connectivity index (χ3n) is 2.16. The molecule has 1 unspecified atom stereocenters. The van der Waals surface area contributed by atoms with Gasteiger partial charge in [0.05, 0.1) is 5.69 Å². The van der Waals surface area contributed by atoms with Gasteiger partial charge in [-0.3, -0.25) is 0 Å². The minimum Gasteiger partial charge on any atom is -0.367 e. The number of aliphatic imine (C=N–C) groups is 1. The molecule has 0 aliphatic heterocycles. The number of rotatable bonds is 3. The monoisotopic (exact) mass is 297 g/mol. The molecule has 0 saturated heterocycles. The van der Waals surface area contributed by atoms with E-state index < -0.39 is 24.0 Å². The molecule has 1 aromatic rings. The summed E-state index contributed by atoms with van der Waals surface area (Å²) in [5.41, 5.74) is -1.98. The van der Waals surface area contributed by atoms with Gasteiger partial charge in [-0.1, -0.05) is 18.2 Å². The summed E-state index contributed by atoms with van der Waals surface area (Å²) in [5.74, 6) is 1.41. The number of hydrogen-bond donors (Lipinski definition) is 0. The van der Waals surface area contributed by atoms with E-state index in [4.69, 9.17) is 0 Å². The van der Waals surface area contributed by atoms with Crippen molar-refractivity contribution in [2.24, 2.45) is 4.99 Å². The van der Waals surface area contributed by atoms with E-state index in [0.717, 1.165) is 0 Å². The van der Waals surface area contributed by atoms with Crippen molar-refractivity contribution in [2.75, 3.05) is 7.11 Å². The van der Waals surface area contributed by atoms with Crippen LogP contribution in [0.15, 0.2) is 40.9 Å². The van der Waals surface area contributed by atoms with Gasteiger partial charge in [0.1, 0.15) is 5.57 Å². The number of methoxy groups -OCH3 is 1. The van der Waals surface area contributed by atoms with Crippen LogP contribution in [0, 0.1) is 0 Å². The first-order chi connectivity index (χ1) is 9.16. The van der Waals surface area contributed by atoms with Crippen molar-refractivity contribution in [3.8, 4) is 0 Å². The molecule has 1 aromatic carbocycles. The molecule has 1 rings (SSSR count). The number of alkyl halides is 6. The van der Waals surface area contributed by atoms with Gasteiger partial charge >= 0.3 is 12.4 Å². The molecule has 0 amide bonds. The smallest absolute Gasteiger partial charge is 0.367 e. The topological polar surface area (TPSA) is 21.6 Å². The van der Waals surface area contributed by atoms with E-state index in [9.17, 15) is 26.3 Å². The molecule has 0 fully saturated rings. The Hall–Kier alpha value is -1.79. The SMILES string of the molecule is COC(C(=C=Nc1ccccc1)C(F)(F)F)C(F)(F)F. The van der Waals surface area contributed by atoms with Crippen LogP contribution in [-0.2, 0) is 4.74 Å². The van der Waals surface area contributed by atoms with Crippen LogP contribution >= 0.6 is 0 Å². The predicted octanol–water partition coefficient (Wildman–Crippen LogP) is 4.05. The molecule has 0 aliphatic rings. The molecular formula is C12H9F6NO. The van der Waals surface area contributed by atoms with Crippen LogP contribution in [0.5, 0.6) is 0 Å². The molecule has 0 spiro atoms. The number of para-hydroxylation sites is 1. The molecule has 0 N–H and O–H groups in total. The number of hydrogen-bond acceptors (Lipinski definition) is 2. The Balaban J connectivity index is 3.30. The highest BCUT2D eigenvalue weighted by Gasteiger charge is 2.52. The number of nitrogens with zero attached hydrogens (tertiary/aromatic N) is 1. The van der Waals surface area contributed by atoms with Crippen molar-refractivity contribution in [2.45, 2.75) is 18.5 Å². The summed E-state index contributed by atoms with van der Waals surface area (Å²) in [5, 5.41) is 0. The number of benzene rings is 1. The van der Waals surface area contributed by atoms with Gasteiger partial charge < -0.3 is 4.74 Å². The highest BCUT2D eigenvalue weighted by Crippen LogP contribution is 2.35. The second-order valence-corrected chi connectivity index (χ2v) is 3.63.